The van der Waals surface area contributed by atoms with Crippen molar-refractivity contribution in [2.75, 3.05) is 5.32 Å². The molecule has 3 rings (SSSR count). The van der Waals surface area contributed by atoms with E-state index in [0.29, 0.717) is 22.6 Å². The van der Waals surface area contributed by atoms with Gasteiger partial charge in [0, 0.05) is 39.7 Å². The molecule has 0 bridgehead atoms. The molecule has 2 aromatic rings. The number of amides is 2. The van der Waals surface area contributed by atoms with Crippen molar-refractivity contribution in [2.45, 2.75) is 20.3 Å². The van der Waals surface area contributed by atoms with Crippen LogP contribution in [0, 0.1) is 13.8 Å². The third-order valence-corrected chi connectivity index (χ3v) is 4.30. The molecule has 2 heterocycles. The number of rotatable bonds is 3. The lowest BCUT2D eigenvalue weighted by molar-refractivity contribution is -0.110. The van der Waals surface area contributed by atoms with Gasteiger partial charge in [0.15, 0.2) is 0 Å². The Bertz CT molecular complexity index is 865. The number of aromatic nitrogens is 1. The number of nitrogens with two attached hydrogens (primary N) is 1. The number of benzene rings is 1. The maximum Gasteiger partial charge on any atom is 0.256 e. The van der Waals surface area contributed by atoms with Gasteiger partial charge in [-0.1, -0.05) is 17.7 Å². The van der Waals surface area contributed by atoms with Crippen molar-refractivity contribution in [1.29, 1.82) is 0 Å². The van der Waals surface area contributed by atoms with Crippen molar-refractivity contribution in [3.63, 3.8) is 0 Å². The summed E-state index contributed by atoms with van der Waals surface area (Å²) in [5.74, 6) is -0.607. The SMILES string of the molecule is Cc1[nH]c(C/C=C2\C(=O)Nc3ccc(Cl)cc32)c(C)c1C(N)=O. The van der Waals surface area contributed by atoms with Gasteiger partial charge >= 0.3 is 0 Å². The van der Waals surface area contributed by atoms with Crippen LogP contribution in [0.25, 0.3) is 5.57 Å². The molecule has 6 heteroatoms. The number of nitrogens with one attached hydrogen (secondary N) is 2. The predicted molar refractivity (Wildman–Crippen MR) is 90.5 cm³/mol. The second kappa shape index (κ2) is 5.59. The molecule has 118 valence electrons. The third-order valence-electron chi connectivity index (χ3n) is 4.06. The zero-order valence-corrected chi connectivity index (χ0v) is 13.5. The molecule has 2 amide bonds. The third kappa shape index (κ3) is 2.64. The van der Waals surface area contributed by atoms with Crippen LogP contribution < -0.4 is 11.1 Å². The molecule has 0 spiro atoms. The zero-order valence-electron chi connectivity index (χ0n) is 12.8. The number of primary amides is 1. The van der Waals surface area contributed by atoms with E-state index in [1.54, 1.807) is 25.1 Å². The summed E-state index contributed by atoms with van der Waals surface area (Å²) in [6, 6.07) is 5.29. The second-order valence-electron chi connectivity index (χ2n) is 5.56. The smallest absolute Gasteiger partial charge is 0.256 e. The van der Waals surface area contributed by atoms with Crippen molar-refractivity contribution in [3.8, 4) is 0 Å². The monoisotopic (exact) mass is 329 g/mol. The summed E-state index contributed by atoms with van der Waals surface area (Å²) < 4.78 is 0. The maximum atomic E-state index is 12.1. The number of fused-ring (bicyclic) bond motifs is 1. The summed E-state index contributed by atoms with van der Waals surface area (Å²) in [4.78, 5) is 26.8. The quantitative estimate of drug-likeness (QED) is 0.756. The normalized spacial score (nSPS) is 14.9. The molecular formula is C17H16ClN3O2. The minimum atomic E-state index is -0.453. The topological polar surface area (TPSA) is 88.0 Å². The van der Waals surface area contributed by atoms with Crippen molar-refractivity contribution < 1.29 is 9.59 Å². The largest absolute Gasteiger partial charge is 0.366 e. The van der Waals surface area contributed by atoms with E-state index in [0.717, 1.165) is 28.2 Å². The molecule has 0 fully saturated rings. The standard InChI is InChI=1S/C17H16ClN3O2/c1-8-13(20-9(2)15(8)16(19)22)6-4-11-12-7-10(18)3-5-14(12)21-17(11)23/h3-5,7,20H,6H2,1-2H3,(H2,19,22)(H,21,23)/b11-4-. The predicted octanol–water partition coefficient (Wildman–Crippen LogP) is 2.96. The molecule has 5 nitrogen and oxygen atoms in total. The number of aryl methyl sites for hydroxylation is 1. The Kier molecular flexibility index (Phi) is 3.74. The van der Waals surface area contributed by atoms with Crippen LogP contribution in [0.4, 0.5) is 5.69 Å². The van der Waals surface area contributed by atoms with Gasteiger partial charge in [0.2, 0.25) is 0 Å². The van der Waals surface area contributed by atoms with Gasteiger partial charge in [0.25, 0.3) is 11.8 Å². The minimum absolute atomic E-state index is 0.154. The van der Waals surface area contributed by atoms with Crippen molar-refractivity contribution in [2.24, 2.45) is 5.73 Å². The van der Waals surface area contributed by atoms with Crippen LogP contribution in [0.3, 0.4) is 0 Å². The van der Waals surface area contributed by atoms with Gasteiger partial charge in [0.05, 0.1) is 5.56 Å². The summed E-state index contributed by atoms with van der Waals surface area (Å²) in [6.45, 7) is 3.65. The van der Waals surface area contributed by atoms with E-state index in [1.807, 2.05) is 13.0 Å². The number of halogens is 1. The lowest BCUT2D eigenvalue weighted by Gasteiger charge is -2.00. The van der Waals surface area contributed by atoms with E-state index in [2.05, 4.69) is 10.3 Å². The molecule has 0 atom stereocenters. The fraction of sp³-hybridized carbons (Fsp3) is 0.176. The first-order chi connectivity index (χ1) is 10.9. The number of H-pyrrole nitrogens is 1. The molecule has 1 aromatic carbocycles. The van der Waals surface area contributed by atoms with Crippen LogP contribution in [-0.2, 0) is 11.2 Å². The van der Waals surface area contributed by atoms with Gasteiger partial charge in [-0.3, -0.25) is 9.59 Å². The highest BCUT2D eigenvalue weighted by molar-refractivity contribution is 6.34. The Morgan fingerprint density at radius 2 is 2.09 bits per heavy atom. The number of carbonyl (C=O) groups excluding carboxylic acids is 2. The second-order valence-corrected chi connectivity index (χ2v) is 6.00. The molecule has 0 aliphatic carbocycles. The highest BCUT2D eigenvalue weighted by Crippen LogP contribution is 2.34. The highest BCUT2D eigenvalue weighted by Gasteiger charge is 2.24. The first-order valence-corrected chi connectivity index (χ1v) is 7.55. The molecule has 1 aliphatic rings. The summed E-state index contributed by atoms with van der Waals surface area (Å²) in [5.41, 5.74) is 10.5. The van der Waals surface area contributed by atoms with E-state index in [1.165, 1.54) is 0 Å². The average molecular weight is 330 g/mol. The van der Waals surface area contributed by atoms with E-state index in [-0.39, 0.29) is 5.91 Å². The van der Waals surface area contributed by atoms with Crippen LogP contribution in [-0.4, -0.2) is 16.8 Å². The van der Waals surface area contributed by atoms with E-state index in [9.17, 15) is 9.59 Å². The molecule has 4 N–H and O–H groups in total. The Morgan fingerprint density at radius 1 is 1.35 bits per heavy atom. The van der Waals surface area contributed by atoms with Crippen LogP contribution in [0.2, 0.25) is 5.02 Å². The summed E-state index contributed by atoms with van der Waals surface area (Å²) in [5, 5.41) is 3.39. The van der Waals surface area contributed by atoms with Gasteiger partial charge < -0.3 is 16.0 Å². The van der Waals surface area contributed by atoms with Gasteiger partial charge in [0.1, 0.15) is 0 Å². The van der Waals surface area contributed by atoms with Crippen LogP contribution in [0.5, 0.6) is 0 Å². The van der Waals surface area contributed by atoms with E-state index >= 15 is 0 Å². The van der Waals surface area contributed by atoms with Gasteiger partial charge in [-0.15, -0.1) is 0 Å². The molecular weight excluding hydrogens is 314 g/mol. The van der Waals surface area contributed by atoms with Crippen molar-refractivity contribution in [3.05, 3.63) is 57.4 Å². The number of carbonyl (C=O) groups is 2. The molecule has 1 aromatic heterocycles. The van der Waals surface area contributed by atoms with Crippen LogP contribution >= 0.6 is 11.6 Å². The van der Waals surface area contributed by atoms with Crippen LogP contribution in [0.1, 0.15) is 32.9 Å². The lowest BCUT2D eigenvalue weighted by atomic mass is 10.0. The highest BCUT2D eigenvalue weighted by atomic mass is 35.5. The Labute approximate surface area is 138 Å². The Hall–Kier alpha value is -2.53. The van der Waals surface area contributed by atoms with E-state index < -0.39 is 5.91 Å². The zero-order chi connectivity index (χ0) is 16.7. The lowest BCUT2D eigenvalue weighted by Crippen LogP contribution is -2.12. The number of aromatic amines is 1. The number of hydrogen-bond acceptors (Lipinski definition) is 2. The molecule has 0 saturated heterocycles. The van der Waals surface area contributed by atoms with Crippen molar-refractivity contribution >= 4 is 34.7 Å². The molecule has 0 radical (unpaired) electrons. The molecule has 0 unspecified atom stereocenters. The van der Waals surface area contributed by atoms with Gasteiger partial charge in [-0.05, 0) is 37.6 Å². The number of hydrogen-bond donors (Lipinski definition) is 3. The van der Waals surface area contributed by atoms with Gasteiger partial charge in [-0.2, -0.15) is 0 Å². The first-order valence-electron chi connectivity index (χ1n) is 7.17. The molecule has 1 aliphatic heterocycles. The summed E-state index contributed by atoms with van der Waals surface area (Å²) >= 11 is 6.01. The van der Waals surface area contributed by atoms with Gasteiger partial charge in [-0.25, -0.2) is 0 Å². The Morgan fingerprint density at radius 3 is 2.74 bits per heavy atom. The van der Waals surface area contributed by atoms with Crippen LogP contribution in [0.15, 0.2) is 24.3 Å². The molecule has 0 saturated carbocycles. The van der Waals surface area contributed by atoms with Crippen molar-refractivity contribution in [1.82, 2.24) is 4.98 Å². The Balaban J connectivity index is 1.96. The summed E-state index contributed by atoms with van der Waals surface area (Å²) in [7, 11) is 0. The minimum Gasteiger partial charge on any atom is -0.366 e. The molecule has 23 heavy (non-hydrogen) atoms. The maximum absolute atomic E-state index is 12.1. The summed E-state index contributed by atoms with van der Waals surface area (Å²) in [6.07, 6.45) is 2.33. The fourth-order valence-corrected chi connectivity index (χ4v) is 3.13. The number of anilines is 1. The number of allylic oxidation sites excluding steroid dienone is 1. The average Bonchev–Trinajstić information content (AvgIpc) is 2.93. The first kappa shape index (κ1) is 15.4. The fourth-order valence-electron chi connectivity index (χ4n) is 2.96. The van der Waals surface area contributed by atoms with E-state index in [4.69, 9.17) is 17.3 Å².